The van der Waals surface area contributed by atoms with Gasteiger partial charge in [-0.1, -0.05) is 25.0 Å². The van der Waals surface area contributed by atoms with Crippen molar-refractivity contribution in [3.05, 3.63) is 65.0 Å². The zero-order chi connectivity index (χ0) is 26.4. The fraction of sp³-hybridized carbons (Fsp3) is 0.429. The third kappa shape index (κ3) is 7.69. The van der Waals surface area contributed by atoms with Gasteiger partial charge in [-0.15, -0.1) is 0 Å². The second-order valence-corrected chi connectivity index (χ2v) is 9.94. The fourth-order valence-corrected chi connectivity index (χ4v) is 4.33. The molecule has 8 nitrogen and oxygen atoms in total. The number of urea groups is 1. The van der Waals surface area contributed by atoms with Gasteiger partial charge in [-0.3, -0.25) is 14.5 Å². The van der Waals surface area contributed by atoms with Crippen LogP contribution in [0.15, 0.2) is 47.5 Å². The van der Waals surface area contributed by atoms with Gasteiger partial charge in [0.25, 0.3) is 11.8 Å². The minimum atomic E-state index is -0.640. The Morgan fingerprint density at radius 2 is 1.76 bits per heavy atom. The highest BCUT2D eigenvalue weighted by molar-refractivity contribution is 6.02. The van der Waals surface area contributed by atoms with E-state index in [1.807, 2.05) is 18.2 Å². The summed E-state index contributed by atoms with van der Waals surface area (Å²) in [5.41, 5.74) is 2.58. The van der Waals surface area contributed by atoms with Crippen LogP contribution in [0.2, 0.25) is 0 Å². The standard InChI is InChI=1S/C28H34FN5O3/c1-19(2)31-26(35)22-5-3-4-21(16-22)18-33-12-14-34(15-13-33)27(36)23-8-9-25(24(29)17-23)32-28(37)30-11-10-20-6-7-20/h3-5,8-9,16-17,20H,6-7,10-15,18H2,1-2H3,(H2,30,32,37). The molecule has 37 heavy (non-hydrogen) atoms. The molecule has 2 N–H and O–H groups in total. The summed E-state index contributed by atoms with van der Waals surface area (Å²) < 4.78 is 14.6. The van der Waals surface area contributed by atoms with Crippen molar-refractivity contribution < 1.29 is 18.8 Å². The fourth-order valence-electron chi connectivity index (χ4n) is 4.33. The number of hydrogen-bond donors (Lipinski definition) is 2. The molecule has 2 aromatic carbocycles. The molecule has 9 heteroatoms. The Morgan fingerprint density at radius 3 is 2.43 bits per heavy atom. The minimum absolute atomic E-state index is 0.0470. The average molecular weight is 508 g/mol. The van der Waals surface area contributed by atoms with E-state index in [1.165, 1.54) is 25.0 Å². The maximum absolute atomic E-state index is 14.6. The second-order valence-electron chi connectivity index (χ2n) is 9.94. The lowest BCUT2D eigenvalue weighted by molar-refractivity contribution is 0.0627. The summed E-state index contributed by atoms with van der Waals surface area (Å²) >= 11 is 0. The number of benzene rings is 2. The van der Waals surface area contributed by atoms with Gasteiger partial charge in [0, 0.05) is 56.1 Å². The van der Waals surface area contributed by atoms with Gasteiger partial charge in [-0.2, -0.15) is 0 Å². The summed E-state index contributed by atoms with van der Waals surface area (Å²) in [6, 6.07) is 11.2. The lowest BCUT2D eigenvalue weighted by Crippen LogP contribution is -2.48. The van der Waals surface area contributed by atoms with E-state index in [2.05, 4.69) is 20.5 Å². The molecule has 0 unspecified atom stereocenters. The summed E-state index contributed by atoms with van der Waals surface area (Å²) in [5, 5.41) is 5.25. The summed E-state index contributed by atoms with van der Waals surface area (Å²) in [5.74, 6) is -0.422. The highest BCUT2D eigenvalue weighted by Gasteiger charge is 2.24. The Kier molecular flexibility index (Phi) is 8.66. The van der Waals surface area contributed by atoms with Crippen LogP contribution >= 0.6 is 0 Å². The molecule has 0 spiro atoms. The number of carbonyl (C=O) groups is 3. The SMILES string of the molecule is CC(C)=NC(=O)c1cccc(CN2CCN(C(=O)c3ccc(NC(=O)NCCC4CC4)c(F)c3)CC2)c1. The van der Waals surface area contributed by atoms with Gasteiger partial charge < -0.3 is 15.5 Å². The first kappa shape index (κ1) is 26.5. The maximum atomic E-state index is 14.6. The van der Waals surface area contributed by atoms with Crippen LogP contribution < -0.4 is 10.6 Å². The topological polar surface area (TPSA) is 94.1 Å². The molecular weight excluding hydrogens is 473 g/mol. The van der Waals surface area contributed by atoms with Crippen LogP contribution in [0.25, 0.3) is 0 Å². The average Bonchev–Trinajstić information content (AvgIpc) is 3.69. The Labute approximate surface area is 216 Å². The smallest absolute Gasteiger partial charge is 0.319 e. The van der Waals surface area contributed by atoms with Gasteiger partial charge in [0.05, 0.1) is 5.69 Å². The van der Waals surface area contributed by atoms with Crippen molar-refractivity contribution in [2.45, 2.75) is 39.7 Å². The quantitative estimate of drug-likeness (QED) is 0.520. The molecule has 0 aromatic heterocycles. The van der Waals surface area contributed by atoms with Gasteiger partial charge in [0.1, 0.15) is 5.82 Å². The van der Waals surface area contributed by atoms with E-state index in [0.717, 1.165) is 12.0 Å². The number of aliphatic imine (C=N–C) groups is 1. The van der Waals surface area contributed by atoms with Crippen LogP contribution in [-0.2, 0) is 6.54 Å². The summed E-state index contributed by atoms with van der Waals surface area (Å²) in [6.45, 7) is 7.17. The number of anilines is 1. The molecule has 1 aliphatic heterocycles. The van der Waals surface area contributed by atoms with Gasteiger partial charge >= 0.3 is 6.03 Å². The van der Waals surface area contributed by atoms with E-state index in [0.29, 0.717) is 56.5 Å². The van der Waals surface area contributed by atoms with Gasteiger partial charge in [-0.05, 0) is 62.1 Å². The third-order valence-electron chi connectivity index (χ3n) is 6.56. The Hall–Kier alpha value is -3.59. The summed E-state index contributed by atoms with van der Waals surface area (Å²) in [6.07, 6.45) is 3.37. The molecule has 1 aliphatic carbocycles. The summed E-state index contributed by atoms with van der Waals surface area (Å²) in [7, 11) is 0. The van der Waals surface area contributed by atoms with Crippen LogP contribution in [0.1, 0.15) is 59.4 Å². The largest absolute Gasteiger partial charge is 0.338 e. The van der Waals surface area contributed by atoms with Gasteiger partial charge in [-0.25, -0.2) is 14.2 Å². The highest BCUT2D eigenvalue weighted by atomic mass is 19.1. The van der Waals surface area contributed by atoms with Crippen molar-refractivity contribution in [3.63, 3.8) is 0 Å². The Bertz CT molecular complexity index is 1180. The first-order valence-electron chi connectivity index (χ1n) is 12.8. The molecule has 1 saturated carbocycles. The second kappa shape index (κ2) is 12.1. The zero-order valence-electron chi connectivity index (χ0n) is 21.4. The van der Waals surface area contributed by atoms with Crippen molar-refractivity contribution in [1.82, 2.24) is 15.1 Å². The molecular formula is C28H34FN5O3. The molecule has 2 fully saturated rings. The third-order valence-corrected chi connectivity index (χ3v) is 6.56. The molecule has 1 heterocycles. The number of halogens is 1. The van der Waals surface area contributed by atoms with Crippen molar-refractivity contribution in [3.8, 4) is 0 Å². The van der Waals surface area contributed by atoms with Gasteiger partial charge in [0.15, 0.2) is 0 Å². The highest BCUT2D eigenvalue weighted by Crippen LogP contribution is 2.31. The number of piperazine rings is 1. The van der Waals surface area contributed by atoms with Crippen LogP contribution in [0.4, 0.5) is 14.9 Å². The number of hydrogen-bond acceptors (Lipinski definition) is 4. The normalized spacial score (nSPS) is 15.7. The van der Waals surface area contributed by atoms with E-state index >= 15 is 0 Å². The number of rotatable bonds is 8. The van der Waals surface area contributed by atoms with E-state index in [-0.39, 0.29) is 23.1 Å². The first-order valence-corrected chi connectivity index (χ1v) is 12.8. The van der Waals surface area contributed by atoms with E-state index in [9.17, 15) is 18.8 Å². The van der Waals surface area contributed by atoms with Crippen molar-refractivity contribution in [2.24, 2.45) is 10.9 Å². The predicted molar refractivity (Wildman–Crippen MR) is 141 cm³/mol. The molecule has 0 atom stereocenters. The van der Waals surface area contributed by atoms with Crippen LogP contribution in [0, 0.1) is 11.7 Å². The number of carbonyl (C=O) groups excluding carboxylic acids is 3. The van der Waals surface area contributed by atoms with Crippen LogP contribution in [0.5, 0.6) is 0 Å². The molecule has 4 rings (SSSR count). The molecule has 1 saturated heterocycles. The molecule has 2 aliphatic rings. The van der Waals surface area contributed by atoms with E-state index in [4.69, 9.17) is 0 Å². The molecule has 196 valence electrons. The minimum Gasteiger partial charge on any atom is -0.338 e. The van der Waals surface area contributed by atoms with E-state index in [1.54, 1.807) is 30.9 Å². The molecule has 0 bridgehead atoms. The summed E-state index contributed by atoms with van der Waals surface area (Å²) in [4.78, 5) is 45.1. The molecule has 4 amide bonds. The number of nitrogens with one attached hydrogen (secondary N) is 2. The Balaban J connectivity index is 1.27. The molecule has 2 aromatic rings. The zero-order valence-corrected chi connectivity index (χ0v) is 21.4. The lowest BCUT2D eigenvalue weighted by Gasteiger charge is -2.35. The number of amides is 4. The number of nitrogens with zero attached hydrogens (tertiary/aromatic N) is 3. The van der Waals surface area contributed by atoms with Gasteiger partial charge in [0.2, 0.25) is 0 Å². The Morgan fingerprint density at radius 1 is 1.00 bits per heavy atom. The maximum Gasteiger partial charge on any atom is 0.319 e. The van der Waals surface area contributed by atoms with Crippen molar-refractivity contribution in [1.29, 1.82) is 0 Å². The van der Waals surface area contributed by atoms with Crippen LogP contribution in [0.3, 0.4) is 0 Å². The predicted octanol–water partition coefficient (Wildman–Crippen LogP) is 4.33. The first-order chi connectivity index (χ1) is 17.8. The van der Waals surface area contributed by atoms with Crippen molar-refractivity contribution >= 4 is 29.2 Å². The van der Waals surface area contributed by atoms with Crippen molar-refractivity contribution in [2.75, 3.05) is 38.0 Å². The monoisotopic (exact) mass is 507 g/mol. The van der Waals surface area contributed by atoms with E-state index < -0.39 is 11.8 Å². The lowest BCUT2D eigenvalue weighted by atomic mass is 10.1. The molecule has 0 radical (unpaired) electrons. The van der Waals surface area contributed by atoms with Crippen LogP contribution in [-0.4, -0.2) is 66.1 Å².